The fraction of sp³-hybridized carbons (Fsp3) is 0.211. The minimum absolute atomic E-state index is 0.508. The largest absolute Gasteiger partial charge is 0.493 e. The Balaban J connectivity index is 2.01. The number of hydrazone groups is 1. The molecule has 0 saturated heterocycles. The molecule has 2 amide bonds. The molecule has 0 radical (unpaired) electrons. The fourth-order valence-electron chi connectivity index (χ4n) is 2.25. The summed E-state index contributed by atoms with van der Waals surface area (Å²) in [5, 5.41) is 6.44. The van der Waals surface area contributed by atoms with Crippen LogP contribution in [0.4, 0.5) is 5.69 Å². The molecule has 26 heavy (non-hydrogen) atoms. The normalized spacial score (nSPS) is 10.6. The van der Waals surface area contributed by atoms with Gasteiger partial charge in [0.1, 0.15) is 5.75 Å². The average molecular weight is 418 g/mol. The van der Waals surface area contributed by atoms with Gasteiger partial charge in [0.15, 0.2) is 0 Å². The Labute approximate surface area is 160 Å². The number of anilines is 1. The number of aryl methyl sites for hydroxylation is 1. The molecule has 0 saturated carbocycles. The van der Waals surface area contributed by atoms with Gasteiger partial charge in [-0.1, -0.05) is 41.1 Å². The van der Waals surface area contributed by atoms with Crippen molar-refractivity contribution in [3.8, 4) is 5.75 Å². The number of amides is 2. The van der Waals surface area contributed by atoms with Crippen LogP contribution < -0.4 is 15.5 Å². The van der Waals surface area contributed by atoms with Gasteiger partial charge in [0, 0.05) is 15.7 Å². The van der Waals surface area contributed by atoms with Gasteiger partial charge in [-0.3, -0.25) is 9.59 Å². The van der Waals surface area contributed by atoms with Gasteiger partial charge >= 0.3 is 11.8 Å². The molecule has 136 valence electrons. The zero-order valence-electron chi connectivity index (χ0n) is 14.6. The molecular formula is C19H20BrN3O3. The molecule has 0 fully saturated rings. The molecule has 0 aliphatic carbocycles. The Kier molecular flexibility index (Phi) is 7.35. The Morgan fingerprint density at radius 1 is 1.15 bits per heavy atom. The first-order chi connectivity index (χ1) is 12.5. The lowest BCUT2D eigenvalue weighted by Gasteiger charge is -2.09. The predicted octanol–water partition coefficient (Wildman–Crippen LogP) is 3.50. The summed E-state index contributed by atoms with van der Waals surface area (Å²) in [5.41, 5.74) is 4.47. The molecule has 2 aromatic carbocycles. The molecule has 2 N–H and O–H groups in total. The highest BCUT2D eigenvalue weighted by Gasteiger charge is 2.14. The number of benzene rings is 2. The van der Waals surface area contributed by atoms with Crippen LogP contribution in [0.2, 0.25) is 0 Å². The Hall–Kier alpha value is -2.67. The van der Waals surface area contributed by atoms with Gasteiger partial charge in [-0.15, -0.1) is 0 Å². The lowest BCUT2D eigenvalue weighted by molar-refractivity contribution is -0.136. The second-order valence-corrected chi connectivity index (χ2v) is 6.19. The van der Waals surface area contributed by atoms with E-state index in [0.717, 1.165) is 16.5 Å². The molecule has 0 heterocycles. The number of halogens is 1. The summed E-state index contributed by atoms with van der Waals surface area (Å²) in [4.78, 5) is 24.0. The lowest BCUT2D eigenvalue weighted by Crippen LogP contribution is -2.32. The van der Waals surface area contributed by atoms with E-state index in [-0.39, 0.29) is 0 Å². The summed E-state index contributed by atoms with van der Waals surface area (Å²) >= 11 is 3.37. The second-order valence-electron chi connectivity index (χ2n) is 5.28. The van der Waals surface area contributed by atoms with Crippen molar-refractivity contribution in [3.63, 3.8) is 0 Å². The van der Waals surface area contributed by atoms with Gasteiger partial charge in [0.25, 0.3) is 0 Å². The molecule has 0 aliphatic heterocycles. The molecular weight excluding hydrogens is 398 g/mol. The fourth-order valence-corrected chi connectivity index (χ4v) is 2.63. The van der Waals surface area contributed by atoms with Gasteiger partial charge in [0.05, 0.1) is 12.8 Å². The van der Waals surface area contributed by atoms with E-state index < -0.39 is 11.8 Å². The number of hydrogen-bond donors (Lipinski definition) is 2. The van der Waals surface area contributed by atoms with Crippen LogP contribution in [0, 0.1) is 0 Å². The molecule has 7 heteroatoms. The van der Waals surface area contributed by atoms with Crippen LogP contribution >= 0.6 is 15.9 Å². The smallest absolute Gasteiger partial charge is 0.329 e. The standard InChI is InChI=1S/C19H20BrN3O3/c1-3-13-7-5-6-8-16(13)22-18(24)19(25)23-21-12-14-11-15(20)9-10-17(14)26-4-2/h5-12H,3-4H2,1-2H3,(H,22,24)(H,23,25)/b21-12-. The summed E-state index contributed by atoms with van der Waals surface area (Å²) < 4.78 is 6.35. The Bertz CT molecular complexity index is 821. The van der Waals surface area contributed by atoms with Crippen molar-refractivity contribution in [2.24, 2.45) is 5.10 Å². The number of carbonyl (C=O) groups is 2. The van der Waals surface area contributed by atoms with Gasteiger partial charge < -0.3 is 10.1 Å². The monoisotopic (exact) mass is 417 g/mol. The topological polar surface area (TPSA) is 79.8 Å². The van der Waals surface area contributed by atoms with Crippen LogP contribution in [0.15, 0.2) is 52.0 Å². The molecule has 0 bridgehead atoms. The van der Waals surface area contributed by atoms with Crippen LogP contribution in [0.3, 0.4) is 0 Å². The number of ether oxygens (including phenoxy) is 1. The third-order valence-corrected chi connectivity index (χ3v) is 3.99. The van der Waals surface area contributed by atoms with Crippen LogP contribution in [0.1, 0.15) is 25.0 Å². The molecule has 2 aromatic rings. The lowest BCUT2D eigenvalue weighted by atomic mass is 10.1. The minimum Gasteiger partial charge on any atom is -0.493 e. The highest BCUT2D eigenvalue weighted by molar-refractivity contribution is 9.10. The first kappa shape index (κ1) is 19.7. The number of nitrogens with one attached hydrogen (secondary N) is 2. The molecule has 0 aliphatic rings. The minimum atomic E-state index is -0.847. The third-order valence-electron chi connectivity index (χ3n) is 3.49. The van der Waals surface area contributed by atoms with E-state index in [2.05, 4.69) is 31.8 Å². The van der Waals surface area contributed by atoms with Crippen molar-refractivity contribution < 1.29 is 14.3 Å². The first-order valence-corrected chi connectivity index (χ1v) is 8.99. The maximum atomic E-state index is 12.0. The molecule has 0 unspecified atom stereocenters. The van der Waals surface area contributed by atoms with E-state index >= 15 is 0 Å². The van der Waals surface area contributed by atoms with E-state index in [9.17, 15) is 9.59 Å². The summed E-state index contributed by atoms with van der Waals surface area (Å²) in [7, 11) is 0. The summed E-state index contributed by atoms with van der Waals surface area (Å²) in [5.74, 6) is -0.988. The molecule has 0 aromatic heterocycles. The van der Waals surface area contributed by atoms with Crippen molar-refractivity contribution in [1.82, 2.24) is 5.43 Å². The van der Waals surface area contributed by atoms with Crippen molar-refractivity contribution in [3.05, 3.63) is 58.1 Å². The molecule has 0 spiro atoms. The number of hydrogen-bond acceptors (Lipinski definition) is 4. The van der Waals surface area contributed by atoms with Gasteiger partial charge in [-0.05, 0) is 43.2 Å². The SMILES string of the molecule is CCOc1ccc(Br)cc1/C=N\NC(=O)C(=O)Nc1ccccc1CC. The van der Waals surface area contributed by atoms with Crippen LogP contribution in [0.25, 0.3) is 0 Å². The van der Waals surface area contributed by atoms with E-state index in [1.807, 2.05) is 32.0 Å². The van der Waals surface area contributed by atoms with Crippen molar-refractivity contribution in [2.75, 3.05) is 11.9 Å². The quantitative estimate of drug-likeness (QED) is 0.428. The second kappa shape index (κ2) is 9.72. The average Bonchev–Trinajstić information content (AvgIpc) is 2.64. The van der Waals surface area contributed by atoms with Gasteiger partial charge in [-0.25, -0.2) is 5.43 Å². The van der Waals surface area contributed by atoms with E-state index in [0.29, 0.717) is 23.6 Å². The van der Waals surface area contributed by atoms with Crippen molar-refractivity contribution in [2.45, 2.75) is 20.3 Å². The number of para-hydroxylation sites is 1. The van der Waals surface area contributed by atoms with E-state index in [1.165, 1.54) is 6.21 Å². The maximum absolute atomic E-state index is 12.0. The number of carbonyl (C=O) groups excluding carboxylic acids is 2. The Morgan fingerprint density at radius 3 is 2.65 bits per heavy atom. The highest BCUT2D eigenvalue weighted by Crippen LogP contribution is 2.21. The zero-order valence-corrected chi connectivity index (χ0v) is 16.2. The van der Waals surface area contributed by atoms with Crippen molar-refractivity contribution >= 4 is 39.6 Å². The molecule has 2 rings (SSSR count). The predicted molar refractivity (Wildman–Crippen MR) is 105 cm³/mol. The summed E-state index contributed by atoms with van der Waals surface area (Å²) in [6.07, 6.45) is 2.18. The van der Waals surface area contributed by atoms with Crippen LogP contribution in [0.5, 0.6) is 5.75 Å². The summed E-state index contributed by atoms with van der Waals surface area (Å²) in [6.45, 7) is 4.36. The molecule has 6 nitrogen and oxygen atoms in total. The first-order valence-electron chi connectivity index (χ1n) is 8.19. The zero-order chi connectivity index (χ0) is 18.9. The van der Waals surface area contributed by atoms with Crippen LogP contribution in [-0.2, 0) is 16.0 Å². The van der Waals surface area contributed by atoms with E-state index in [4.69, 9.17) is 4.74 Å². The third kappa shape index (κ3) is 5.42. The van der Waals surface area contributed by atoms with Crippen LogP contribution in [-0.4, -0.2) is 24.6 Å². The number of rotatable bonds is 6. The van der Waals surface area contributed by atoms with Gasteiger partial charge in [0.2, 0.25) is 0 Å². The highest BCUT2D eigenvalue weighted by atomic mass is 79.9. The summed E-state index contributed by atoms with van der Waals surface area (Å²) in [6, 6.07) is 12.8. The van der Waals surface area contributed by atoms with E-state index in [1.54, 1.807) is 24.3 Å². The Morgan fingerprint density at radius 2 is 1.92 bits per heavy atom. The maximum Gasteiger partial charge on any atom is 0.329 e. The van der Waals surface area contributed by atoms with Crippen molar-refractivity contribution in [1.29, 1.82) is 0 Å². The number of nitrogens with zero attached hydrogens (tertiary/aromatic N) is 1. The molecule has 0 atom stereocenters. The van der Waals surface area contributed by atoms with Gasteiger partial charge in [-0.2, -0.15) is 5.10 Å².